The first kappa shape index (κ1) is 23.6. The Kier molecular flexibility index (Phi) is 8.66. The highest BCUT2D eigenvalue weighted by molar-refractivity contribution is 6.77. The standard InChI is InChI=1S/C21H41ClO4Si/c1-15(2)27(16(3)4,17(5)6)24-13-18(7)20-9-8-11-21(26-20)23-14-19(25-21)10-12-22/h15-20H,8-14H2,1-7H3/t18-,19-,20-,21+/m0/s1. The SMILES string of the molecule is CC(C)[Si](OC[C@H](C)[C@@H]1CCC[C@]2(OC[C@H](CCCl)O2)O1)(C(C)C)C(C)C. The number of rotatable bonds is 9. The summed E-state index contributed by atoms with van der Waals surface area (Å²) in [5, 5.41) is 0. The zero-order valence-electron chi connectivity index (χ0n) is 18.4. The Hall–Kier alpha value is 0.347. The summed E-state index contributed by atoms with van der Waals surface area (Å²) in [5.41, 5.74) is 1.79. The third-order valence-corrected chi connectivity index (χ3v) is 12.8. The summed E-state index contributed by atoms with van der Waals surface area (Å²) in [5.74, 6) is 0.0604. The Labute approximate surface area is 172 Å². The van der Waals surface area contributed by atoms with Crippen LogP contribution in [-0.4, -0.2) is 45.6 Å². The molecule has 2 saturated heterocycles. The molecule has 2 aliphatic heterocycles. The number of ether oxygens (including phenoxy) is 3. The molecule has 2 heterocycles. The summed E-state index contributed by atoms with van der Waals surface area (Å²) >= 11 is 5.86. The van der Waals surface area contributed by atoms with E-state index in [1.165, 1.54) is 0 Å². The molecule has 4 nitrogen and oxygen atoms in total. The minimum atomic E-state index is -1.85. The molecule has 1 spiro atoms. The Morgan fingerprint density at radius 2 is 1.67 bits per heavy atom. The van der Waals surface area contributed by atoms with Gasteiger partial charge >= 0.3 is 0 Å². The second-order valence-corrected chi connectivity index (χ2v) is 15.2. The van der Waals surface area contributed by atoms with Crippen molar-refractivity contribution in [2.75, 3.05) is 19.1 Å². The van der Waals surface area contributed by atoms with E-state index in [1.807, 2.05) is 0 Å². The quantitative estimate of drug-likeness (QED) is 0.334. The monoisotopic (exact) mass is 420 g/mol. The molecule has 2 aliphatic rings. The Bertz CT molecular complexity index is 438. The van der Waals surface area contributed by atoms with Gasteiger partial charge in [-0.05, 0) is 35.9 Å². The van der Waals surface area contributed by atoms with Crippen molar-refractivity contribution in [1.29, 1.82) is 0 Å². The van der Waals surface area contributed by atoms with Crippen LogP contribution in [0.1, 0.15) is 74.1 Å². The van der Waals surface area contributed by atoms with Gasteiger partial charge in [0.05, 0.1) is 18.8 Å². The third-order valence-electron chi connectivity index (χ3n) is 6.51. The summed E-state index contributed by atoms with van der Waals surface area (Å²) in [6, 6.07) is 0. The third kappa shape index (κ3) is 5.29. The molecule has 2 rings (SSSR count). The molecule has 0 aromatic carbocycles. The molecule has 0 aromatic rings. The smallest absolute Gasteiger partial charge is 0.283 e. The molecule has 2 fully saturated rings. The summed E-state index contributed by atoms with van der Waals surface area (Å²) in [4.78, 5) is 0. The lowest BCUT2D eigenvalue weighted by atomic mass is 9.97. The van der Waals surface area contributed by atoms with E-state index in [4.69, 9.17) is 30.2 Å². The van der Waals surface area contributed by atoms with E-state index in [2.05, 4.69) is 48.5 Å². The van der Waals surface area contributed by atoms with Crippen LogP contribution in [0.3, 0.4) is 0 Å². The highest BCUT2D eigenvalue weighted by Gasteiger charge is 2.49. The molecule has 0 radical (unpaired) electrons. The maximum Gasteiger partial charge on any atom is 0.283 e. The molecule has 0 bridgehead atoms. The molecule has 0 aliphatic carbocycles. The Morgan fingerprint density at radius 3 is 2.22 bits per heavy atom. The van der Waals surface area contributed by atoms with Crippen LogP contribution in [0.5, 0.6) is 0 Å². The van der Waals surface area contributed by atoms with Crippen LogP contribution in [0.4, 0.5) is 0 Å². The van der Waals surface area contributed by atoms with Gasteiger partial charge in [-0.1, -0.05) is 48.5 Å². The highest BCUT2D eigenvalue weighted by Crippen LogP contribution is 2.43. The first-order valence-electron chi connectivity index (χ1n) is 10.9. The molecular formula is C21H41ClO4Si. The van der Waals surface area contributed by atoms with Gasteiger partial charge in [0.2, 0.25) is 0 Å². The molecule has 0 aromatic heterocycles. The van der Waals surface area contributed by atoms with Gasteiger partial charge in [-0.25, -0.2) is 0 Å². The van der Waals surface area contributed by atoms with Crippen molar-refractivity contribution < 1.29 is 18.6 Å². The van der Waals surface area contributed by atoms with Gasteiger partial charge in [-0.2, -0.15) is 0 Å². The average Bonchev–Trinajstić information content (AvgIpc) is 2.96. The van der Waals surface area contributed by atoms with Gasteiger partial charge in [-0.15, -0.1) is 11.6 Å². The van der Waals surface area contributed by atoms with Crippen molar-refractivity contribution in [2.24, 2.45) is 5.92 Å². The zero-order chi connectivity index (χ0) is 20.2. The van der Waals surface area contributed by atoms with E-state index in [0.29, 0.717) is 35.0 Å². The van der Waals surface area contributed by atoms with Gasteiger partial charge in [-0.3, -0.25) is 0 Å². The van der Waals surface area contributed by atoms with Crippen LogP contribution in [-0.2, 0) is 18.6 Å². The molecule has 0 N–H and O–H groups in total. The number of alkyl halides is 1. The van der Waals surface area contributed by atoms with Crippen LogP contribution in [0.15, 0.2) is 0 Å². The normalized spacial score (nSPS) is 30.8. The molecule has 160 valence electrons. The minimum Gasteiger partial charge on any atom is -0.416 e. The van der Waals surface area contributed by atoms with E-state index >= 15 is 0 Å². The summed E-state index contributed by atoms with van der Waals surface area (Å²) in [6.07, 6.45) is 3.88. The van der Waals surface area contributed by atoms with Crippen molar-refractivity contribution in [1.82, 2.24) is 0 Å². The van der Waals surface area contributed by atoms with E-state index < -0.39 is 14.3 Å². The van der Waals surface area contributed by atoms with Gasteiger partial charge in [0.25, 0.3) is 5.97 Å². The maximum atomic E-state index is 6.80. The van der Waals surface area contributed by atoms with Crippen molar-refractivity contribution in [2.45, 2.75) is 109 Å². The number of hydrogen-bond donors (Lipinski definition) is 0. The first-order chi connectivity index (χ1) is 12.7. The first-order valence-corrected chi connectivity index (χ1v) is 13.5. The molecule has 0 unspecified atom stereocenters. The largest absolute Gasteiger partial charge is 0.416 e. The van der Waals surface area contributed by atoms with E-state index in [9.17, 15) is 0 Å². The second-order valence-electron chi connectivity index (χ2n) is 9.37. The highest BCUT2D eigenvalue weighted by atomic mass is 35.5. The molecule has 0 amide bonds. The van der Waals surface area contributed by atoms with E-state index in [0.717, 1.165) is 32.3 Å². The summed E-state index contributed by atoms with van der Waals surface area (Å²) < 4.78 is 25.2. The maximum absolute atomic E-state index is 6.80. The Balaban J connectivity index is 1.98. The van der Waals surface area contributed by atoms with Crippen LogP contribution in [0.2, 0.25) is 16.6 Å². The predicted octanol–water partition coefficient (Wildman–Crippen LogP) is 6.08. The van der Waals surface area contributed by atoms with Crippen LogP contribution < -0.4 is 0 Å². The lowest BCUT2D eigenvalue weighted by molar-refractivity contribution is -0.374. The molecule has 6 heteroatoms. The fourth-order valence-corrected chi connectivity index (χ4v) is 10.9. The van der Waals surface area contributed by atoms with Gasteiger partial charge in [0.15, 0.2) is 8.32 Å². The minimum absolute atomic E-state index is 0.0516. The van der Waals surface area contributed by atoms with Crippen molar-refractivity contribution in [3.8, 4) is 0 Å². The topological polar surface area (TPSA) is 36.9 Å². The fraction of sp³-hybridized carbons (Fsp3) is 1.00. The van der Waals surface area contributed by atoms with E-state index in [-0.39, 0.29) is 12.2 Å². The van der Waals surface area contributed by atoms with Gasteiger partial charge in [0, 0.05) is 24.8 Å². The molecule has 27 heavy (non-hydrogen) atoms. The van der Waals surface area contributed by atoms with Gasteiger partial charge in [0.1, 0.15) is 0 Å². The molecular weight excluding hydrogens is 380 g/mol. The van der Waals surface area contributed by atoms with Crippen molar-refractivity contribution in [3.63, 3.8) is 0 Å². The summed E-state index contributed by atoms with van der Waals surface area (Å²) in [6.45, 7) is 17.6. The fourth-order valence-electron chi connectivity index (χ4n) is 5.15. The number of halogens is 1. The molecule has 0 saturated carbocycles. The van der Waals surface area contributed by atoms with Crippen molar-refractivity contribution >= 4 is 19.9 Å². The number of hydrogen-bond acceptors (Lipinski definition) is 4. The lowest BCUT2D eigenvalue weighted by Gasteiger charge is -2.44. The summed E-state index contributed by atoms with van der Waals surface area (Å²) in [7, 11) is -1.85. The lowest BCUT2D eigenvalue weighted by Crippen LogP contribution is -2.50. The van der Waals surface area contributed by atoms with Crippen LogP contribution in [0.25, 0.3) is 0 Å². The van der Waals surface area contributed by atoms with Crippen molar-refractivity contribution in [3.05, 3.63) is 0 Å². The van der Waals surface area contributed by atoms with Crippen LogP contribution >= 0.6 is 11.6 Å². The van der Waals surface area contributed by atoms with Gasteiger partial charge < -0.3 is 18.6 Å². The second kappa shape index (κ2) is 9.90. The average molecular weight is 421 g/mol. The Morgan fingerprint density at radius 1 is 1.04 bits per heavy atom. The predicted molar refractivity (Wildman–Crippen MR) is 114 cm³/mol. The van der Waals surface area contributed by atoms with E-state index in [1.54, 1.807) is 0 Å². The molecule has 4 atom stereocenters. The zero-order valence-corrected chi connectivity index (χ0v) is 20.2. The van der Waals surface area contributed by atoms with Crippen LogP contribution in [0, 0.1) is 5.92 Å².